The zero-order valence-corrected chi connectivity index (χ0v) is 19.8. The standard InChI is InChI=1S/C23H23ClN4O3S/c1-14(2)23(3,13-25)27-20(29)12-32-22-26-17-11-15(24)9-10-16(17)21(30)28(22)18-7-5-6-8-19(18)31-4/h5-11,14H,12H2,1-4H3,(H,27,29). The highest BCUT2D eigenvalue weighted by Crippen LogP contribution is 2.28. The second-order valence-electron chi connectivity index (χ2n) is 7.67. The molecule has 9 heteroatoms. The molecule has 0 spiro atoms. The van der Waals surface area contributed by atoms with Crippen molar-refractivity contribution >= 4 is 40.2 Å². The summed E-state index contributed by atoms with van der Waals surface area (Å²) < 4.78 is 6.87. The predicted molar refractivity (Wildman–Crippen MR) is 127 cm³/mol. The van der Waals surface area contributed by atoms with Crippen molar-refractivity contribution in [2.45, 2.75) is 31.5 Å². The van der Waals surface area contributed by atoms with Gasteiger partial charge in [0, 0.05) is 5.02 Å². The van der Waals surface area contributed by atoms with Crippen LogP contribution in [0.15, 0.2) is 52.4 Å². The van der Waals surface area contributed by atoms with E-state index in [9.17, 15) is 14.9 Å². The average molecular weight is 471 g/mol. The van der Waals surface area contributed by atoms with Gasteiger partial charge in [-0.3, -0.25) is 14.2 Å². The zero-order chi connectivity index (χ0) is 23.5. The Kier molecular flexibility index (Phi) is 7.12. The van der Waals surface area contributed by atoms with E-state index in [2.05, 4.69) is 16.4 Å². The number of para-hydroxylation sites is 2. The Morgan fingerprint density at radius 2 is 2.06 bits per heavy atom. The molecule has 1 amide bonds. The van der Waals surface area contributed by atoms with Gasteiger partial charge in [-0.15, -0.1) is 0 Å². The Labute approximate surface area is 195 Å². The van der Waals surface area contributed by atoms with Gasteiger partial charge < -0.3 is 10.1 Å². The number of halogens is 1. The minimum absolute atomic E-state index is 0.0301. The lowest BCUT2D eigenvalue weighted by Gasteiger charge is -2.27. The van der Waals surface area contributed by atoms with Crippen LogP contribution in [0.25, 0.3) is 16.6 Å². The van der Waals surface area contributed by atoms with Gasteiger partial charge in [0.2, 0.25) is 5.91 Å². The molecular formula is C23H23ClN4O3S. The van der Waals surface area contributed by atoms with Gasteiger partial charge in [0.05, 0.1) is 35.5 Å². The highest BCUT2D eigenvalue weighted by molar-refractivity contribution is 7.99. The topological polar surface area (TPSA) is 97.0 Å². The first kappa shape index (κ1) is 23.6. The first-order chi connectivity index (χ1) is 15.2. The van der Waals surface area contributed by atoms with Crippen LogP contribution in [-0.4, -0.2) is 33.9 Å². The van der Waals surface area contributed by atoms with Crippen LogP contribution in [0.4, 0.5) is 0 Å². The molecule has 3 aromatic rings. The molecule has 0 aliphatic rings. The number of amides is 1. The lowest BCUT2D eigenvalue weighted by Crippen LogP contribution is -2.49. The van der Waals surface area contributed by atoms with E-state index < -0.39 is 5.54 Å². The Balaban J connectivity index is 2.06. The highest BCUT2D eigenvalue weighted by Gasteiger charge is 2.30. The second kappa shape index (κ2) is 9.63. The maximum atomic E-state index is 13.4. The number of rotatable bonds is 7. The zero-order valence-electron chi connectivity index (χ0n) is 18.2. The molecular weight excluding hydrogens is 448 g/mol. The fourth-order valence-electron chi connectivity index (χ4n) is 3.02. The molecule has 1 N–H and O–H groups in total. The Morgan fingerprint density at radius 1 is 1.34 bits per heavy atom. The van der Waals surface area contributed by atoms with Crippen LogP contribution in [0.2, 0.25) is 5.02 Å². The van der Waals surface area contributed by atoms with Crippen LogP contribution >= 0.6 is 23.4 Å². The fourth-order valence-corrected chi connectivity index (χ4v) is 3.99. The molecule has 2 aromatic carbocycles. The van der Waals surface area contributed by atoms with E-state index in [1.165, 1.54) is 11.7 Å². The van der Waals surface area contributed by atoms with E-state index in [1.807, 2.05) is 13.8 Å². The molecule has 0 bridgehead atoms. The first-order valence-corrected chi connectivity index (χ1v) is 11.3. The molecule has 0 aliphatic carbocycles. The second-order valence-corrected chi connectivity index (χ2v) is 9.05. The van der Waals surface area contributed by atoms with Crippen LogP contribution in [0, 0.1) is 17.2 Å². The monoisotopic (exact) mass is 470 g/mol. The van der Waals surface area contributed by atoms with Crippen LogP contribution in [0.3, 0.4) is 0 Å². The van der Waals surface area contributed by atoms with Gasteiger partial charge in [-0.25, -0.2) is 4.98 Å². The number of aromatic nitrogens is 2. The van der Waals surface area contributed by atoms with Crippen molar-refractivity contribution in [3.8, 4) is 17.5 Å². The predicted octanol–water partition coefficient (Wildman–Crippen LogP) is 4.19. The molecule has 3 rings (SSSR count). The Bertz CT molecular complexity index is 1270. The summed E-state index contributed by atoms with van der Waals surface area (Å²) in [5.74, 6) is 0.0549. The number of ether oxygens (including phenoxy) is 1. The summed E-state index contributed by atoms with van der Waals surface area (Å²) in [5.41, 5.74) is -0.357. The molecule has 0 radical (unpaired) electrons. The van der Waals surface area contributed by atoms with Crippen LogP contribution in [0.5, 0.6) is 5.75 Å². The minimum atomic E-state index is -0.996. The lowest BCUT2D eigenvalue weighted by molar-refractivity contribution is -0.120. The van der Waals surface area contributed by atoms with Crippen molar-refractivity contribution in [3.63, 3.8) is 0 Å². The van der Waals surface area contributed by atoms with Crippen LogP contribution in [0.1, 0.15) is 20.8 Å². The average Bonchev–Trinajstić information content (AvgIpc) is 2.77. The van der Waals surface area contributed by atoms with Gasteiger partial charge >= 0.3 is 0 Å². The number of methoxy groups -OCH3 is 1. The molecule has 1 aromatic heterocycles. The number of nitrogens with zero attached hydrogens (tertiary/aromatic N) is 3. The van der Waals surface area contributed by atoms with E-state index in [0.29, 0.717) is 32.5 Å². The number of benzene rings is 2. The Morgan fingerprint density at radius 3 is 2.72 bits per heavy atom. The maximum absolute atomic E-state index is 13.4. The number of fused-ring (bicyclic) bond motifs is 1. The summed E-state index contributed by atoms with van der Waals surface area (Å²) in [5, 5.41) is 13.4. The summed E-state index contributed by atoms with van der Waals surface area (Å²) in [7, 11) is 1.52. The number of hydrogen-bond donors (Lipinski definition) is 1. The first-order valence-electron chi connectivity index (χ1n) is 9.91. The number of carbonyl (C=O) groups excluding carboxylic acids is 1. The van der Waals surface area contributed by atoms with E-state index in [-0.39, 0.29) is 23.1 Å². The fraction of sp³-hybridized carbons (Fsp3) is 0.304. The molecule has 1 atom stereocenters. The van der Waals surface area contributed by atoms with Crippen molar-refractivity contribution in [2.75, 3.05) is 12.9 Å². The van der Waals surface area contributed by atoms with Gasteiger partial charge in [0.1, 0.15) is 11.3 Å². The normalized spacial score (nSPS) is 12.9. The summed E-state index contributed by atoms with van der Waals surface area (Å²) >= 11 is 7.20. The molecule has 1 heterocycles. The Hall–Kier alpha value is -3.02. The number of thioether (sulfide) groups is 1. The number of hydrogen-bond acceptors (Lipinski definition) is 6. The minimum Gasteiger partial charge on any atom is -0.495 e. The third kappa shape index (κ3) is 4.74. The largest absolute Gasteiger partial charge is 0.495 e. The SMILES string of the molecule is COc1ccccc1-n1c(SCC(=O)NC(C)(C#N)C(C)C)nc2cc(Cl)ccc2c1=O. The maximum Gasteiger partial charge on any atom is 0.266 e. The summed E-state index contributed by atoms with van der Waals surface area (Å²) in [6.07, 6.45) is 0. The number of nitriles is 1. The van der Waals surface area contributed by atoms with Crippen molar-refractivity contribution in [1.29, 1.82) is 5.26 Å². The molecule has 0 fully saturated rings. The smallest absolute Gasteiger partial charge is 0.266 e. The van der Waals surface area contributed by atoms with Crippen molar-refractivity contribution in [3.05, 3.63) is 57.8 Å². The highest BCUT2D eigenvalue weighted by atomic mass is 35.5. The van der Waals surface area contributed by atoms with Gasteiger partial charge in [-0.2, -0.15) is 5.26 Å². The van der Waals surface area contributed by atoms with Gasteiger partial charge in [-0.1, -0.05) is 49.3 Å². The van der Waals surface area contributed by atoms with Gasteiger partial charge in [0.25, 0.3) is 5.56 Å². The van der Waals surface area contributed by atoms with E-state index in [0.717, 1.165) is 11.8 Å². The van der Waals surface area contributed by atoms with Crippen molar-refractivity contribution in [1.82, 2.24) is 14.9 Å². The molecule has 0 saturated carbocycles. The summed E-state index contributed by atoms with van der Waals surface area (Å²) in [6, 6.07) is 14.1. The van der Waals surface area contributed by atoms with Crippen LogP contribution < -0.4 is 15.6 Å². The number of carbonyl (C=O) groups is 1. The third-order valence-electron chi connectivity index (χ3n) is 5.25. The summed E-state index contributed by atoms with van der Waals surface area (Å²) in [4.78, 5) is 30.6. The molecule has 1 unspecified atom stereocenters. The quantitative estimate of drug-likeness (QED) is 0.410. The van der Waals surface area contributed by atoms with Gasteiger partial charge in [-0.05, 0) is 43.2 Å². The van der Waals surface area contributed by atoms with E-state index in [1.54, 1.807) is 49.4 Å². The van der Waals surface area contributed by atoms with E-state index in [4.69, 9.17) is 16.3 Å². The molecule has 7 nitrogen and oxygen atoms in total. The molecule has 0 saturated heterocycles. The van der Waals surface area contributed by atoms with Crippen molar-refractivity contribution < 1.29 is 9.53 Å². The van der Waals surface area contributed by atoms with E-state index >= 15 is 0 Å². The van der Waals surface area contributed by atoms with Crippen LogP contribution in [-0.2, 0) is 4.79 Å². The van der Waals surface area contributed by atoms with Crippen molar-refractivity contribution in [2.24, 2.45) is 5.92 Å². The molecule has 166 valence electrons. The molecule has 32 heavy (non-hydrogen) atoms. The van der Waals surface area contributed by atoms with Gasteiger partial charge in [0.15, 0.2) is 5.16 Å². The lowest BCUT2D eigenvalue weighted by atomic mass is 9.90. The molecule has 0 aliphatic heterocycles. The number of nitrogens with one attached hydrogen (secondary N) is 1. The summed E-state index contributed by atoms with van der Waals surface area (Å²) in [6.45, 7) is 5.41. The third-order valence-corrected chi connectivity index (χ3v) is 6.42.